The summed E-state index contributed by atoms with van der Waals surface area (Å²) in [4.78, 5) is 4.91. The molecule has 3 aromatic rings. The maximum atomic E-state index is 12.3. The predicted molar refractivity (Wildman–Crippen MR) is 102 cm³/mol. The minimum atomic E-state index is -3.26. The normalized spacial score (nSPS) is 20.0. The summed E-state index contributed by atoms with van der Waals surface area (Å²) in [6, 6.07) is 13.2. The van der Waals surface area contributed by atoms with Crippen LogP contribution >= 0.6 is 0 Å². The van der Waals surface area contributed by atoms with Gasteiger partial charge in [-0.25, -0.2) is 13.4 Å². The van der Waals surface area contributed by atoms with Crippen molar-refractivity contribution in [1.29, 1.82) is 0 Å². The number of aliphatic hydroxyl groups is 1. The highest BCUT2D eigenvalue weighted by Gasteiger charge is 2.30. The first-order chi connectivity index (χ1) is 12.3. The lowest BCUT2D eigenvalue weighted by Crippen LogP contribution is -2.13. The van der Waals surface area contributed by atoms with Gasteiger partial charge >= 0.3 is 0 Å². The summed E-state index contributed by atoms with van der Waals surface area (Å²) >= 11 is 0. The Morgan fingerprint density at radius 1 is 1.12 bits per heavy atom. The first-order valence-electron chi connectivity index (χ1n) is 8.83. The fourth-order valence-electron chi connectivity index (χ4n) is 3.63. The number of sulfone groups is 1. The van der Waals surface area contributed by atoms with Crippen LogP contribution in [-0.2, 0) is 9.84 Å². The Balaban J connectivity index is 1.77. The molecule has 5 nitrogen and oxygen atoms in total. The van der Waals surface area contributed by atoms with Crippen LogP contribution in [0.3, 0.4) is 0 Å². The van der Waals surface area contributed by atoms with Crippen LogP contribution in [0.4, 0.5) is 0 Å². The van der Waals surface area contributed by atoms with E-state index in [1.165, 1.54) is 0 Å². The highest BCUT2D eigenvalue weighted by molar-refractivity contribution is 7.92. The summed E-state index contributed by atoms with van der Waals surface area (Å²) < 4.78 is 26.7. The summed E-state index contributed by atoms with van der Waals surface area (Å²) in [6.45, 7) is 5.46. The van der Waals surface area contributed by atoms with Crippen LogP contribution in [0.2, 0.25) is 0 Å². The molecule has 0 unspecified atom stereocenters. The highest BCUT2D eigenvalue weighted by Crippen LogP contribution is 2.38. The molecule has 0 bridgehead atoms. The van der Waals surface area contributed by atoms with Crippen molar-refractivity contribution in [2.45, 2.75) is 49.5 Å². The van der Waals surface area contributed by atoms with Crippen molar-refractivity contribution in [3.63, 3.8) is 0 Å². The van der Waals surface area contributed by atoms with Crippen molar-refractivity contribution in [3.05, 3.63) is 48.3 Å². The molecule has 1 aromatic heterocycles. The lowest BCUT2D eigenvalue weighted by molar-refractivity contribution is 0.171. The van der Waals surface area contributed by atoms with Gasteiger partial charge in [-0.15, -0.1) is 0 Å². The minimum absolute atomic E-state index is 0.207. The third-order valence-electron chi connectivity index (χ3n) is 5.16. The Bertz CT molecular complexity index is 1080. The van der Waals surface area contributed by atoms with Gasteiger partial charge in [-0.2, -0.15) is 0 Å². The SMILES string of the molecule is CC(C)S(=O)(=O)c1ccc(-c2ccc3nc4n(c3c2)[C@@H](C)C[C@H]4O)cc1. The van der Waals surface area contributed by atoms with Gasteiger partial charge in [0.15, 0.2) is 9.84 Å². The first-order valence-corrected chi connectivity index (χ1v) is 10.4. The molecule has 4 rings (SSSR count). The van der Waals surface area contributed by atoms with E-state index in [2.05, 4.69) is 22.5 Å². The summed E-state index contributed by atoms with van der Waals surface area (Å²) in [5.41, 5.74) is 3.83. The van der Waals surface area contributed by atoms with Gasteiger partial charge in [0.1, 0.15) is 11.9 Å². The third-order valence-corrected chi connectivity index (χ3v) is 7.33. The number of hydrogen-bond acceptors (Lipinski definition) is 4. The molecule has 136 valence electrons. The van der Waals surface area contributed by atoms with E-state index < -0.39 is 21.2 Å². The third kappa shape index (κ3) is 2.56. The van der Waals surface area contributed by atoms with Gasteiger partial charge in [-0.05, 0) is 56.2 Å². The van der Waals surface area contributed by atoms with Crippen molar-refractivity contribution in [2.75, 3.05) is 0 Å². The highest BCUT2D eigenvalue weighted by atomic mass is 32.2. The summed E-state index contributed by atoms with van der Waals surface area (Å²) in [6.07, 6.45) is 0.172. The second-order valence-electron chi connectivity index (χ2n) is 7.26. The van der Waals surface area contributed by atoms with E-state index in [4.69, 9.17) is 0 Å². The van der Waals surface area contributed by atoms with E-state index in [1.807, 2.05) is 24.3 Å². The van der Waals surface area contributed by atoms with E-state index in [1.54, 1.807) is 26.0 Å². The average Bonchev–Trinajstić information content (AvgIpc) is 3.12. The zero-order chi connectivity index (χ0) is 18.6. The van der Waals surface area contributed by atoms with Gasteiger partial charge in [0.2, 0.25) is 0 Å². The topological polar surface area (TPSA) is 72.2 Å². The van der Waals surface area contributed by atoms with Crippen LogP contribution in [-0.4, -0.2) is 28.3 Å². The van der Waals surface area contributed by atoms with Crippen LogP contribution in [0.25, 0.3) is 22.2 Å². The molecule has 2 atom stereocenters. The van der Waals surface area contributed by atoms with Gasteiger partial charge in [0.05, 0.1) is 21.2 Å². The van der Waals surface area contributed by atoms with E-state index in [9.17, 15) is 13.5 Å². The molecular formula is C20H22N2O3S. The molecule has 2 heterocycles. The van der Waals surface area contributed by atoms with Crippen LogP contribution in [0.15, 0.2) is 47.4 Å². The first kappa shape index (κ1) is 17.2. The molecule has 0 radical (unpaired) electrons. The number of rotatable bonds is 3. The second-order valence-corrected chi connectivity index (χ2v) is 9.77. The van der Waals surface area contributed by atoms with Gasteiger partial charge in [-0.1, -0.05) is 18.2 Å². The van der Waals surface area contributed by atoms with Crippen molar-refractivity contribution in [1.82, 2.24) is 9.55 Å². The smallest absolute Gasteiger partial charge is 0.180 e. The molecule has 1 N–H and O–H groups in total. The fraction of sp³-hybridized carbons (Fsp3) is 0.350. The minimum Gasteiger partial charge on any atom is -0.385 e. The Morgan fingerprint density at radius 2 is 1.77 bits per heavy atom. The Hall–Kier alpha value is -2.18. The Labute approximate surface area is 153 Å². The van der Waals surface area contributed by atoms with Gasteiger partial charge < -0.3 is 9.67 Å². The average molecular weight is 370 g/mol. The second kappa shape index (κ2) is 5.93. The monoisotopic (exact) mass is 370 g/mol. The molecule has 1 aliphatic heterocycles. The zero-order valence-corrected chi connectivity index (χ0v) is 15.9. The number of benzene rings is 2. The zero-order valence-electron chi connectivity index (χ0n) is 15.0. The standard InChI is InChI=1S/C20H22N2O3S/c1-12(2)26(24,25)16-7-4-14(5-8-16)15-6-9-17-18(11-15)22-13(3)10-19(23)20(22)21-17/h4-9,11-13,19,23H,10H2,1-3H3/t13-,19+/m0/s1. The number of hydrogen-bond donors (Lipinski definition) is 1. The number of fused-ring (bicyclic) bond motifs is 3. The van der Waals surface area contributed by atoms with Crippen molar-refractivity contribution < 1.29 is 13.5 Å². The van der Waals surface area contributed by atoms with Crippen LogP contribution in [0.5, 0.6) is 0 Å². The largest absolute Gasteiger partial charge is 0.385 e. The predicted octanol–water partition coefficient (Wildman–Crippen LogP) is 3.88. The van der Waals surface area contributed by atoms with Gasteiger partial charge in [0, 0.05) is 12.5 Å². The molecule has 0 amide bonds. The molecule has 0 saturated heterocycles. The quantitative estimate of drug-likeness (QED) is 0.759. The van der Waals surface area contributed by atoms with Crippen molar-refractivity contribution in [2.24, 2.45) is 0 Å². The molecule has 26 heavy (non-hydrogen) atoms. The lowest BCUT2D eigenvalue weighted by Gasteiger charge is -2.10. The van der Waals surface area contributed by atoms with E-state index in [0.29, 0.717) is 11.3 Å². The van der Waals surface area contributed by atoms with Crippen molar-refractivity contribution in [3.8, 4) is 11.1 Å². The summed E-state index contributed by atoms with van der Waals surface area (Å²) in [5.74, 6) is 0.725. The maximum absolute atomic E-state index is 12.3. The van der Waals surface area contributed by atoms with E-state index in [0.717, 1.165) is 28.0 Å². The molecule has 0 saturated carbocycles. The maximum Gasteiger partial charge on any atom is 0.180 e. The molecule has 6 heteroatoms. The number of aromatic nitrogens is 2. The van der Waals surface area contributed by atoms with E-state index >= 15 is 0 Å². The molecular weight excluding hydrogens is 348 g/mol. The van der Waals surface area contributed by atoms with Gasteiger partial charge in [-0.3, -0.25) is 0 Å². The van der Waals surface area contributed by atoms with Crippen molar-refractivity contribution >= 4 is 20.9 Å². The molecule has 0 spiro atoms. The summed E-state index contributed by atoms with van der Waals surface area (Å²) in [5, 5.41) is 9.71. The number of imidazole rings is 1. The molecule has 2 aromatic carbocycles. The number of aliphatic hydroxyl groups excluding tert-OH is 1. The van der Waals surface area contributed by atoms with Crippen LogP contribution < -0.4 is 0 Å². The Morgan fingerprint density at radius 3 is 2.42 bits per heavy atom. The van der Waals surface area contributed by atoms with Crippen LogP contribution in [0.1, 0.15) is 45.2 Å². The molecule has 0 fully saturated rings. The summed E-state index contributed by atoms with van der Waals surface area (Å²) in [7, 11) is -3.26. The number of nitrogens with zero attached hydrogens (tertiary/aromatic N) is 2. The van der Waals surface area contributed by atoms with Crippen LogP contribution in [0, 0.1) is 0 Å². The lowest BCUT2D eigenvalue weighted by atomic mass is 10.1. The fourth-order valence-corrected chi connectivity index (χ4v) is 4.69. The Kier molecular flexibility index (Phi) is 3.93. The molecule has 0 aliphatic carbocycles. The van der Waals surface area contributed by atoms with E-state index in [-0.39, 0.29) is 6.04 Å². The van der Waals surface area contributed by atoms with Gasteiger partial charge in [0.25, 0.3) is 0 Å². The molecule has 1 aliphatic rings.